The lowest BCUT2D eigenvalue weighted by Crippen LogP contribution is -1.95. The first-order chi connectivity index (χ1) is 9.28. The summed E-state index contributed by atoms with van der Waals surface area (Å²) in [6.45, 7) is 0.316. The van der Waals surface area contributed by atoms with Gasteiger partial charge < -0.3 is 4.74 Å². The molecular weight excluding hydrogens is 243 g/mol. The maximum Gasteiger partial charge on any atom is 0.150 e. The van der Waals surface area contributed by atoms with Gasteiger partial charge in [-0.1, -0.05) is 36.4 Å². The third-order valence-corrected chi connectivity index (χ3v) is 2.49. The lowest BCUT2D eigenvalue weighted by molar-refractivity contribution is 0.112. The Hall–Kier alpha value is -2.42. The summed E-state index contributed by atoms with van der Waals surface area (Å²) < 4.78 is 18.5. The fourth-order valence-electron chi connectivity index (χ4n) is 1.63. The van der Waals surface area contributed by atoms with Gasteiger partial charge in [-0.25, -0.2) is 4.39 Å². The zero-order chi connectivity index (χ0) is 13.5. The van der Waals surface area contributed by atoms with Crippen LogP contribution in [-0.2, 0) is 0 Å². The van der Waals surface area contributed by atoms with Gasteiger partial charge in [0.15, 0.2) is 0 Å². The van der Waals surface area contributed by atoms with Crippen molar-refractivity contribution in [2.75, 3.05) is 6.61 Å². The number of carbonyl (C=O) groups is 1. The van der Waals surface area contributed by atoms with Crippen LogP contribution in [-0.4, -0.2) is 12.9 Å². The molecule has 0 saturated carbocycles. The quantitative estimate of drug-likeness (QED) is 0.762. The number of hydrogen-bond acceptors (Lipinski definition) is 2. The van der Waals surface area contributed by atoms with E-state index in [9.17, 15) is 9.18 Å². The first-order valence-electron chi connectivity index (χ1n) is 5.88. The van der Waals surface area contributed by atoms with E-state index in [1.807, 2.05) is 42.5 Å². The van der Waals surface area contributed by atoms with Gasteiger partial charge in [0.2, 0.25) is 0 Å². The second-order valence-electron chi connectivity index (χ2n) is 3.96. The van der Waals surface area contributed by atoms with E-state index < -0.39 is 5.82 Å². The fraction of sp³-hybridized carbons (Fsp3) is 0.0625. The largest absolute Gasteiger partial charge is 0.489 e. The standard InChI is InChI=1S/C16H13FO2/c17-15-9-14(12-18)10-16(11-15)19-8-4-7-13-5-2-1-3-6-13/h1-7,9-12H,8H2/b7-4+. The second kappa shape index (κ2) is 6.50. The summed E-state index contributed by atoms with van der Waals surface area (Å²) in [6.07, 6.45) is 4.34. The molecule has 0 aliphatic carbocycles. The first kappa shape index (κ1) is 13.0. The van der Waals surface area contributed by atoms with E-state index in [1.165, 1.54) is 18.2 Å². The Morgan fingerprint density at radius 1 is 1.05 bits per heavy atom. The zero-order valence-electron chi connectivity index (χ0n) is 10.3. The molecule has 2 rings (SSSR count). The highest BCUT2D eigenvalue weighted by Crippen LogP contribution is 2.15. The normalized spacial score (nSPS) is 10.6. The number of ether oxygens (including phenoxy) is 1. The van der Waals surface area contributed by atoms with Gasteiger partial charge in [0, 0.05) is 11.6 Å². The minimum absolute atomic E-state index is 0.266. The van der Waals surface area contributed by atoms with Gasteiger partial charge in [0.05, 0.1) is 0 Å². The summed E-state index contributed by atoms with van der Waals surface area (Å²) in [5.74, 6) is -0.133. The van der Waals surface area contributed by atoms with E-state index in [0.717, 1.165) is 5.56 Å². The van der Waals surface area contributed by atoms with Crippen molar-refractivity contribution in [2.45, 2.75) is 0 Å². The minimum Gasteiger partial charge on any atom is -0.489 e. The summed E-state index contributed by atoms with van der Waals surface area (Å²) >= 11 is 0. The lowest BCUT2D eigenvalue weighted by Gasteiger charge is -2.04. The number of benzene rings is 2. The molecule has 96 valence electrons. The Morgan fingerprint density at radius 2 is 1.84 bits per heavy atom. The van der Waals surface area contributed by atoms with Crippen LogP contribution in [0.4, 0.5) is 4.39 Å². The second-order valence-corrected chi connectivity index (χ2v) is 3.96. The smallest absolute Gasteiger partial charge is 0.150 e. The molecule has 0 aromatic heterocycles. The topological polar surface area (TPSA) is 26.3 Å². The molecule has 0 spiro atoms. The molecule has 0 bridgehead atoms. The minimum atomic E-state index is -0.480. The highest BCUT2D eigenvalue weighted by atomic mass is 19.1. The molecule has 19 heavy (non-hydrogen) atoms. The number of rotatable bonds is 5. The third-order valence-electron chi connectivity index (χ3n) is 2.49. The third kappa shape index (κ3) is 4.07. The van der Waals surface area contributed by atoms with Gasteiger partial charge in [-0.2, -0.15) is 0 Å². The van der Waals surface area contributed by atoms with E-state index in [0.29, 0.717) is 18.6 Å². The Bertz CT molecular complexity index is 577. The first-order valence-corrected chi connectivity index (χ1v) is 5.88. The Kier molecular flexibility index (Phi) is 4.45. The predicted octanol–water partition coefficient (Wildman–Crippen LogP) is 3.73. The predicted molar refractivity (Wildman–Crippen MR) is 72.8 cm³/mol. The van der Waals surface area contributed by atoms with Crippen LogP contribution in [0.1, 0.15) is 15.9 Å². The maximum absolute atomic E-state index is 13.1. The number of aldehydes is 1. The van der Waals surface area contributed by atoms with Crippen molar-refractivity contribution in [3.63, 3.8) is 0 Å². The molecule has 0 fully saturated rings. The van der Waals surface area contributed by atoms with Gasteiger partial charge in [-0.05, 0) is 23.8 Å². The molecule has 3 heteroatoms. The molecule has 0 unspecified atom stereocenters. The van der Waals surface area contributed by atoms with Crippen LogP contribution < -0.4 is 4.74 Å². The molecule has 2 nitrogen and oxygen atoms in total. The SMILES string of the molecule is O=Cc1cc(F)cc(OC/C=C/c2ccccc2)c1. The van der Waals surface area contributed by atoms with Crippen molar-refractivity contribution in [1.82, 2.24) is 0 Å². The summed E-state index contributed by atoms with van der Waals surface area (Å²) in [4.78, 5) is 10.6. The summed E-state index contributed by atoms with van der Waals surface area (Å²) in [7, 11) is 0. The van der Waals surface area contributed by atoms with Gasteiger partial charge in [0.1, 0.15) is 24.5 Å². The summed E-state index contributed by atoms with van der Waals surface area (Å²) in [5, 5.41) is 0. The molecule has 2 aromatic rings. The van der Waals surface area contributed by atoms with Crippen molar-refractivity contribution in [3.05, 3.63) is 71.6 Å². The summed E-state index contributed by atoms with van der Waals surface area (Å²) in [5.41, 5.74) is 1.33. The van der Waals surface area contributed by atoms with Crippen molar-refractivity contribution in [2.24, 2.45) is 0 Å². The van der Waals surface area contributed by atoms with E-state index in [-0.39, 0.29) is 5.56 Å². The number of carbonyl (C=O) groups excluding carboxylic acids is 1. The van der Waals surface area contributed by atoms with E-state index in [1.54, 1.807) is 0 Å². The van der Waals surface area contributed by atoms with Crippen molar-refractivity contribution < 1.29 is 13.9 Å². The average Bonchev–Trinajstić information content (AvgIpc) is 2.44. The van der Waals surface area contributed by atoms with Crippen LogP contribution >= 0.6 is 0 Å². The average molecular weight is 256 g/mol. The molecule has 0 atom stereocenters. The van der Waals surface area contributed by atoms with Crippen LogP contribution in [0, 0.1) is 5.82 Å². The maximum atomic E-state index is 13.1. The Balaban J connectivity index is 1.94. The van der Waals surface area contributed by atoms with Crippen molar-refractivity contribution >= 4 is 12.4 Å². The van der Waals surface area contributed by atoms with Gasteiger partial charge in [-0.3, -0.25) is 4.79 Å². The molecule has 0 aliphatic heterocycles. The Morgan fingerprint density at radius 3 is 2.58 bits per heavy atom. The molecule has 0 aliphatic rings. The molecule has 2 aromatic carbocycles. The Labute approximate surface area is 111 Å². The van der Waals surface area contributed by atoms with Gasteiger partial charge in [0.25, 0.3) is 0 Å². The van der Waals surface area contributed by atoms with Crippen LogP contribution in [0.15, 0.2) is 54.6 Å². The van der Waals surface area contributed by atoms with Crippen LogP contribution in [0.2, 0.25) is 0 Å². The van der Waals surface area contributed by atoms with Crippen LogP contribution in [0.3, 0.4) is 0 Å². The summed E-state index contributed by atoms with van der Waals surface area (Å²) in [6, 6.07) is 13.7. The monoisotopic (exact) mass is 256 g/mol. The fourth-order valence-corrected chi connectivity index (χ4v) is 1.63. The van der Waals surface area contributed by atoms with Crippen molar-refractivity contribution in [3.8, 4) is 5.75 Å². The molecule has 0 N–H and O–H groups in total. The van der Waals surface area contributed by atoms with E-state index >= 15 is 0 Å². The van der Waals surface area contributed by atoms with Gasteiger partial charge >= 0.3 is 0 Å². The highest BCUT2D eigenvalue weighted by Gasteiger charge is 2.00. The molecule has 0 amide bonds. The van der Waals surface area contributed by atoms with Crippen LogP contribution in [0.5, 0.6) is 5.75 Å². The van der Waals surface area contributed by atoms with Gasteiger partial charge in [-0.15, -0.1) is 0 Å². The molecule has 0 heterocycles. The van der Waals surface area contributed by atoms with E-state index in [2.05, 4.69) is 0 Å². The molecular formula is C16H13FO2. The van der Waals surface area contributed by atoms with Crippen molar-refractivity contribution in [1.29, 1.82) is 0 Å². The van der Waals surface area contributed by atoms with E-state index in [4.69, 9.17) is 4.74 Å². The lowest BCUT2D eigenvalue weighted by atomic mass is 10.2. The number of halogens is 1. The molecule has 0 radical (unpaired) electrons. The number of hydrogen-bond donors (Lipinski definition) is 0. The highest BCUT2D eigenvalue weighted by molar-refractivity contribution is 5.75. The van der Waals surface area contributed by atoms with Crippen LogP contribution in [0.25, 0.3) is 6.08 Å². The zero-order valence-corrected chi connectivity index (χ0v) is 10.3. The molecule has 0 saturated heterocycles.